The maximum Gasteiger partial charge on any atom is 0.0494 e. The monoisotopic (exact) mass is 864 g/mol. The van der Waals surface area contributed by atoms with E-state index in [1.54, 1.807) is 0 Å². The molecule has 0 atom stereocenters. The molecule has 1 aromatic heterocycles. The quantitative estimate of drug-likeness (QED) is 0.111. The van der Waals surface area contributed by atoms with Gasteiger partial charge in [0, 0.05) is 41.1 Å². The van der Waals surface area contributed by atoms with Gasteiger partial charge in [-0.05, 0) is 202 Å². The first kappa shape index (κ1) is 43.8. The van der Waals surface area contributed by atoms with Gasteiger partial charge in [-0.15, -0.1) is 12.3 Å². The molecule has 0 saturated carbocycles. The van der Waals surface area contributed by atoms with E-state index in [1.807, 2.05) is 13.8 Å². The lowest BCUT2D eigenvalue weighted by molar-refractivity contribution is 0.547. The zero-order valence-corrected chi connectivity index (χ0v) is 39.8. The summed E-state index contributed by atoms with van der Waals surface area (Å²) in [6, 6.07) is 25.9. The molecule has 65 heavy (non-hydrogen) atoms. The number of fused-ring (bicyclic) bond motifs is 3. The molecule has 2 nitrogen and oxygen atoms in total. The number of hydrogen-bond donors (Lipinski definition) is 0. The van der Waals surface area contributed by atoms with Crippen LogP contribution in [0.25, 0.3) is 68.6 Å². The lowest BCUT2D eigenvalue weighted by Crippen LogP contribution is -2.33. The van der Waals surface area contributed by atoms with Gasteiger partial charge in [-0.1, -0.05) is 125 Å². The van der Waals surface area contributed by atoms with Crippen molar-refractivity contribution in [2.45, 2.75) is 78.6 Å². The van der Waals surface area contributed by atoms with E-state index in [2.05, 4.69) is 194 Å². The van der Waals surface area contributed by atoms with Crippen LogP contribution < -0.4 is 15.7 Å². The summed E-state index contributed by atoms with van der Waals surface area (Å²) in [6.45, 7) is 15.4. The lowest BCUT2D eigenvalue weighted by atomic mass is 9.83. The Labute approximate surface area is 388 Å². The van der Waals surface area contributed by atoms with Crippen molar-refractivity contribution in [1.82, 2.24) is 9.47 Å². The van der Waals surface area contributed by atoms with E-state index >= 15 is 0 Å². The Balaban J connectivity index is 0.00000263. The molecule has 0 unspecified atom stereocenters. The average molecular weight is 865 g/mol. The molecule has 0 fully saturated rings. The number of hydrogen-bond acceptors (Lipinski definition) is 1. The minimum absolute atomic E-state index is 0.156. The van der Waals surface area contributed by atoms with Crippen LogP contribution >= 0.6 is 7.92 Å². The molecule has 0 bridgehead atoms. The Bertz CT molecular complexity index is 3120. The van der Waals surface area contributed by atoms with Crippen LogP contribution in [0.5, 0.6) is 0 Å². The molecule has 10 rings (SSSR count). The third kappa shape index (κ3) is 8.40. The fourth-order valence-corrected chi connectivity index (χ4v) is 11.1. The second-order valence-corrected chi connectivity index (χ2v) is 19.8. The van der Waals surface area contributed by atoms with Crippen molar-refractivity contribution in [2.75, 3.05) is 13.3 Å². The molecular formula is C62H61N2P. The molecule has 5 aliphatic rings. The molecule has 0 radical (unpaired) electrons. The third-order valence-electron chi connectivity index (χ3n) is 13.6. The van der Waals surface area contributed by atoms with Crippen LogP contribution in [0.2, 0.25) is 0 Å². The summed E-state index contributed by atoms with van der Waals surface area (Å²) in [6.07, 6.45) is 46.5. The molecule has 0 spiro atoms. The van der Waals surface area contributed by atoms with Gasteiger partial charge in [0.1, 0.15) is 0 Å². The van der Waals surface area contributed by atoms with Crippen molar-refractivity contribution >= 4 is 53.9 Å². The molecule has 0 amide bonds. The van der Waals surface area contributed by atoms with Gasteiger partial charge in [-0.2, -0.15) is 0 Å². The fraction of sp³-hybridized carbons (Fsp3) is 0.226. The Kier molecular flexibility index (Phi) is 13.1. The van der Waals surface area contributed by atoms with Crippen LogP contribution in [-0.2, 0) is 6.42 Å². The smallest absolute Gasteiger partial charge is 0.0494 e. The molecule has 4 aliphatic carbocycles. The molecule has 5 aromatic rings. The van der Waals surface area contributed by atoms with E-state index in [1.165, 1.54) is 105 Å². The predicted molar refractivity (Wildman–Crippen MR) is 286 cm³/mol. The van der Waals surface area contributed by atoms with Gasteiger partial charge < -0.3 is 9.47 Å². The van der Waals surface area contributed by atoms with Crippen LogP contribution in [0.3, 0.4) is 0 Å². The Hall–Kier alpha value is -6.39. The Morgan fingerprint density at radius 2 is 1.46 bits per heavy atom. The zero-order valence-electron chi connectivity index (χ0n) is 38.9. The predicted octanol–water partition coefficient (Wildman–Crippen LogP) is 14.6. The van der Waals surface area contributed by atoms with Crippen LogP contribution in [0.1, 0.15) is 93.3 Å². The third-order valence-corrected chi connectivity index (χ3v) is 14.9. The maximum absolute atomic E-state index is 5.67. The topological polar surface area (TPSA) is 8.17 Å². The van der Waals surface area contributed by atoms with Gasteiger partial charge in [0.25, 0.3) is 0 Å². The van der Waals surface area contributed by atoms with E-state index in [9.17, 15) is 0 Å². The number of benzene rings is 4. The first-order valence-electron chi connectivity index (χ1n) is 23.7. The van der Waals surface area contributed by atoms with Gasteiger partial charge in [-0.3, -0.25) is 0 Å². The number of aromatic nitrogens is 1. The van der Waals surface area contributed by atoms with Crippen molar-refractivity contribution in [2.24, 2.45) is 0 Å². The summed E-state index contributed by atoms with van der Waals surface area (Å²) in [4.78, 5) is 2.41. The normalized spacial score (nSPS) is 17.4. The standard InChI is InChI=1S/C60H55N2P.C2H6/c1-6-7-8-22-56-42(3)51-19-12-14-24-58(51)62(56)48-34-27-44(28-35-48)59-52-20-9-10-21-53(52)60(55-40-46(31-38-54(55)59)43-29-36-49(37-30-43)63(4)5)45-25-32-47(33-26-45)61-39-16-15-17-41(2)50-18-11-13-23-57(50)61;1-2/h1,8,13-17,20-25,27-32,34-40H,2,7,9-12,18-19,26,33H2,3-5H3;1-2H3/b17-15-,22-8-,39-16-;. The minimum atomic E-state index is -0.156. The summed E-state index contributed by atoms with van der Waals surface area (Å²) in [5.74, 6) is 2.78. The number of rotatable bonds is 8. The van der Waals surface area contributed by atoms with Gasteiger partial charge in [0.2, 0.25) is 0 Å². The molecule has 4 aromatic carbocycles. The van der Waals surface area contributed by atoms with Crippen molar-refractivity contribution in [3.8, 4) is 40.3 Å². The molecule has 2 heterocycles. The average Bonchev–Trinajstić information content (AvgIpc) is 3.63. The SMILES string of the molecule is C#CC/C=C\c1c(C)c2c(n1-c1ccc(-c3c4c(c(C5=CC=C(N6/C=C\C=C/C(=C)C7=C6C=CCC7)CC5)c5cc(-c6ccc(P(C)C)cc6)ccc35)=CCCC=4)cc1)C=CCC2.CC. The minimum Gasteiger partial charge on any atom is -0.321 e. The van der Waals surface area contributed by atoms with E-state index in [0.717, 1.165) is 56.9 Å². The van der Waals surface area contributed by atoms with Crippen LogP contribution in [-0.4, -0.2) is 22.8 Å². The highest BCUT2D eigenvalue weighted by Gasteiger charge is 2.25. The number of allylic oxidation sites excluding steroid dienone is 13. The first-order valence-corrected chi connectivity index (χ1v) is 26.0. The summed E-state index contributed by atoms with van der Waals surface area (Å²) < 4.78 is 2.43. The Morgan fingerprint density at radius 1 is 0.738 bits per heavy atom. The Morgan fingerprint density at radius 3 is 2.20 bits per heavy atom. The van der Waals surface area contributed by atoms with Gasteiger partial charge >= 0.3 is 0 Å². The van der Waals surface area contributed by atoms with Crippen molar-refractivity contribution in [1.29, 1.82) is 0 Å². The molecular weight excluding hydrogens is 804 g/mol. The molecule has 0 saturated heterocycles. The van der Waals surface area contributed by atoms with E-state index in [-0.39, 0.29) is 7.92 Å². The molecule has 0 N–H and O–H groups in total. The number of terminal acetylenes is 1. The second-order valence-electron chi connectivity index (χ2n) is 17.5. The van der Waals surface area contributed by atoms with E-state index < -0.39 is 0 Å². The largest absolute Gasteiger partial charge is 0.321 e. The van der Waals surface area contributed by atoms with Crippen molar-refractivity contribution in [3.05, 3.63) is 195 Å². The summed E-state index contributed by atoms with van der Waals surface area (Å²) in [5, 5.41) is 6.79. The fourth-order valence-electron chi connectivity index (χ4n) is 10.4. The van der Waals surface area contributed by atoms with Crippen molar-refractivity contribution in [3.63, 3.8) is 0 Å². The second kappa shape index (κ2) is 19.4. The van der Waals surface area contributed by atoms with Crippen molar-refractivity contribution < 1.29 is 0 Å². The first-order chi connectivity index (χ1) is 31.9. The summed E-state index contributed by atoms with van der Waals surface area (Å²) >= 11 is 0. The summed E-state index contributed by atoms with van der Waals surface area (Å²) in [5.41, 5.74) is 19.4. The van der Waals surface area contributed by atoms with Gasteiger partial charge in [-0.25, -0.2) is 0 Å². The molecule has 1 aliphatic heterocycles. The lowest BCUT2D eigenvalue weighted by Gasteiger charge is -2.32. The highest BCUT2D eigenvalue weighted by molar-refractivity contribution is 7.64. The highest BCUT2D eigenvalue weighted by Crippen LogP contribution is 2.40. The number of nitrogens with zero attached hydrogens (tertiary/aromatic N) is 2. The van der Waals surface area contributed by atoms with Crippen LogP contribution in [0.4, 0.5) is 0 Å². The van der Waals surface area contributed by atoms with E-state index in [0.29, 0.717) is 6.42 Å². The van der Waals surface area contributed by atoms with E-state index in [4.69, 9.17) is 6.42 Å². The summed E-state index contributed by atoms with van der Waals surface area (Å²) in [7, 11) is -0.156. The molecule has 3 heteroatoms. The van der Waals surface area contributed by atoms with Gasteiger partial charge in [0.15, 0.2) is 0 Å². The maximum atomic E-state index is 5.67. The van der Waals surface area contributed by atoms with Gasteiger partial charge in [0.05, 0.1) is 0 Å². The zero-order chi connectivity index (χ0) is 45.0. The highest BCUT2D eigenvalue weighted by atomic mass is 31.1. The van der Waals surface area contributed by atoms with Crippen LogP contribution in [0.15, 0.2) is 157 Å². The molecule has 324 valence electrons. The van der Waals surface area contributed by atoms with Crippen LogP contribution in [0, 0.1) is 19.3 Å².